The minimum atomic E-state index is -0.288. The normalized spacial score (nSPS) is 27.7. The van der Waals surface area contributed by atoms with Crippen LogP contribution in [0.15, 0.2) is 18.2 Å². The summed E-state index contributed by atoms with van der Waals surface area (Å²) in [6.45, 7) is 3.41. The van der Waals surface area contributed by atoms with E-state index in [1.165, 1.54) is 24.2 Å². The molecule has 4 saturated carbocycles. The van der Waals surface area contributed by atoms with E-state index in [2.05, 4.69) is 16.0 Å². The molecule has 1 aromatic rings. The van der Waals surface area contributed by atoms with Crippen molar-refractivity contribution in [2.75, 3.05) is 38.2 Å². The molecule has 0 radical (unpaired) electrons. The van der Waals surface area contributed by atoms with E-state index < -0.39 is 0 Å². The zero-order valence-corrected chi connectivity index (χ0v) is 20.4. The molecule has 35 heavy (non-hydrogen) atoms. The van der Waals surface area contributed by atoms with Crippen molar-refractivity contribution in [1.82, 2.24) is 15.5 Å². The maximum Gasteiger partial charge on any atom is 0.315 e. The van der Waals surface area contributed by atoms with E-state index in [9.17, 15) is 14.4 Å². The molecule has 1 aliphatic heterocycles. The van der Waals surface area contributed by atoms with Crippen molar-refractivity contribution in [3.05, 3.63) is 18.2 Å². The van der Waals surface area contributed by atoms with Crippen molar-refractivity contribution in [3.8, 4) is 11.5 Å². The molecule has 4 amide bonds. The fraction of sp³-hybridized carbons (Fsp3) is 0.654. The second-order valence-corrected chi connectivity index (χ2v) is 10.6. The van der Waals surface area contributed by atoms with Crippen LogP contribution in [0.5, 0.6) is 11.5 Å². The first-order valence-electron chi connectivity index (χ1n) is 12.9. The topological polar surface area (TPSA) is 109 Å². The van der Waals surface area contributed by atoms with Gasteiger partial charge in [0.15, 0.2) is 11.5 Å². The molecule has 4 bridgehead atoms. The van der Waals surface area contributed by atoms with Gasteiger partial charge in [0.25, 0.3) is 0 Å². The summed E-state index contributed by atoms with van der Waals surface area (Å²) in [6, 6.07) is 5.04. The van der Waals surface area contributed by atoms with Crippen LogP contribution in [0, 0.1) is 17.8 Å². The lowest BCUT2D eigenvalue weighted by Gasteiger charge is -2.56. The quantitative estimate of drug-likeness (QED) is 0.526. The molecule has 0 atom stereocenters. The fourth-order valence-corrected chi connectivity index (χ4v) is 6.86. The van der Waals surface area contributed by atoms with Gasteiger partial charge in [-0.1, -0.05) is 0 Å². The van der Waals surface area contributed by atoms with E-state index in [4.69, 9.17) is 9.47 Å². The van der Waals surface area contributed by atoms with Crippen LogP contribution >= 0.6 is 0 Å². The number of urea groups is 1. The molecule has 0 spiro atoms. The lowest BCUT2D eigenvalue weighted by molar-refractivity contribution is -0.134. The highest BCUT2D eigenvalue weighted by Gasteiger charge is 2.51. The van der Waals surface area contributed by atoms with Crippen LogP contribution in [0.1, 0.15) is 51.9 Å². The van der Waals surface area contributed by atoms with Gasteiger partial charge in [-0.15, -0.1) is 0 Å². The molecule has 9 nitrogen and oxygen atoms in total. The van der Waals surface area contributed by atoms with E-state index in [1.54, 1.807) is 18.2 Å². The van der Waals surface area contributed by atoms with Crippen LogP contribution in [0.3, 0.4) is 0 Å². The van der Waals surface area contributed by atoms with E-state index in [1.807, 2.05) is 6.92 Å². The Morgan fingerprint density at radius 2 is 1.66 bits per heavy atom. The smallest absolute Gasteiger partial charge is 0.315 e. The molecule has 3 N–H and O–H groups in total. The van der Waals surface area contributed by atoms with Crippen LogP contribution in [-0.4, -0.2) is 61.1 Å². The van der Waals surface area contributed by atoms with Gasteiger partial charge >= 0.3 is 6.03 Å². The average Bonchev–Trinajstić information content (AvgIpc) is 2.81. The molecule has 190 valence electrons. The van der Waals surface area contributed by atoms with Gasteiger partial charge in [-0.25, -0.2) is 4.79 Å². The summed E-state index contributed by atoms with van der Waals surface area (Å²) in [5.74, 6) is 3.07. The predicted molar refractivity (Wildman–Crippen MR) is 130 cm³/mol. The highest BCUT2D eigenvalue weighted by atomic mass is 16.6. The first-order chi connectivity index (χ1) is 16.9. The Labute approximate surface area is 206 Å². The minimum Gasteiger partial charge on any atom is -0.486 e. The first-order valence-corrected chi connectivity index (χ1v) is 12.9. The number of amides is 4. The molecule has 6 rings (SSSR count). The second kappa shape index (κ2) is 9.95. The predicted octanol–water partition coefficient (Wildman–Crippen LogP) is 2.90. The third-order valence-corrected chi connectivity index (χ3v) is 7.94. The monoisotopic (exact) mass is 484 g/mol. The van der Waals surface area contributed by atoms with E-state index >= 15 is 0 Å². The van der Waals surface area contributed by atoms with Gasteiger partial charge < -0.3 is 30.3 Å². The number of carbonyl (C=O) groups excluding carboxylic acids is 3. The zero-order chi connectivity index (χ0) is 24.4. The maximum absolute atomic E-state index is 12.7. The van der Waals surface area contributed by atoms with Gasteiger partial charge in [-0.3, -0.25) is 9.59 Å². The lowest BCUT2D eigenvalue weighted by atomic mass is 9.53. The standard InChI is InChI=1S/C26H36N4O5/c1-2-30(16-23(31)28-20-3-4-21-22(12-20)35-8-7-34-21)24(32)5-6-27-25(33)29-26-13-17-9-18(14-26)11-19(10-17)15-26/h3-4,12,17-19H,2,5-11,13-16H2,1H3,(H,28,31)(H2,27,29,33). The Kier molecular flexibility index (Phi) is 6.75. The fourth-order valence-electron chi connectivity index (χ4n) is 6.86. The number of likely N-dealkylation sites (N-methyl/N-ethyl adjacent to an activating group) is 1. The van der Waals surface area contributed by atoms with Crippen LogP contribution in [-0.2, 0) is 9.59 Å². The molecule has 0 unspecified atom stereocenters. The van der Waals surface area contributed by atoms with Crippen molar-refractivity contribution >= 4 is 23.5 Å². The van der Waals surface area contributed by atoms with E-state index in [0.29, 0.717) is 36.9 Å². The summed E-state index contributed by atoms with van der Waals surface area (Å²) in [7, 11) is 0. The van der Waals surface area contributed by atoms with Crippen LogP contribution in [0.4, 0.5) is 10.5 Å². The third-order valence-electron chi connectivity index (χ3n) is 7.94. The van der Waals surface area contributed by atoms with Gasteiger partial charge in [0.1, 0.15) is 13.2 Å². The average molecular weight is 485 g/mol. The molecule has 0 saturated heterocycles. The second-order valence-electron chi connectivity index (χ2n) is 10.6. The SMILES string of the molecule is CCN(CC(=O)Nc1ccc2c(c1)OCCO2)C(=O)CCNC(=O)NC12CC3CC(CC(C3)C1)C2. The molecule has 1 heterocycles. The van der Waals surface area contributed by atoms with Crippen LogP contribution in [0.25, 0.3) is 0 Å². The highest BCUT2D eigenvalue weighted by Crippen LogP contribution is 2.55. The van der Waals surface area contributed by atoms with Crippen LogP contribution in [0.2, 0.25) is 0 Å². The molecule has 4 aliphatic carbocycles. The molecule has 1 aromatic carbocycles. The molecular formula is C26H36N4O5. The van der Waals surface area contributed by atoms with Gasteiger partial charge in [0, 0.05) is 36.8 Å². The highest BCUT2D eigenvalue weighted by molar-refractivity contribution is 5.94. The summed E-state index contributed by atoms with van der Waals surface area (Å²) in [6.07, 6.45) is 7.40. The maximum atomic E-state index is 12.7. The van der Waals surface area contributed by atoms with Gasteiger partial charge in [-0.05, 0) is 75.3 Å². The van der Waals surface area contributed by atoms with Crippen molar-refractivity contribution in [1.29, 1.82) is 0 Å². The number of carbonyl (C=O) groups is 3. The van der Waals surface area contributed by atoms with Crippen molar-refractivity contribution < 1.29 is 23.9 Å². The summed E-state index contributed by atoms with van der Waals surface area (Å²) < 4.78 is 11.0. The first kappa shape index (κ1) is 23.8. The van der Waals surface area contributed by atoms with Crippen molar-refractivity contribution in [2.45, 2.75) is 57.4 Å². The van der Waals surface area contributed by atoms with Crippen LogP contribution < -0.4 is 25.4 Å². The number of fused-ring (bicyclic) bond motifs is 1. The molecule has 4 fully saturated rings. The summed E-state index contributed by atoms with van der Waals surface area (Å²) in [5.41, 5.74) is 0.537. The Bertz CT molecular complexity index is 945. The zero-order valence-electron chi connectivity index (χ0n) is 20.4. The number of nitrogens with zero attached hydrogens (tertiary/aromatic N) is 1. The Morgan fingerprint density at radius 3 is 2.31 bits per heavy atom. The Balaban J connectivity index is 1.05. The number of nitrogens with one attached hydrogen (secondary N) is 3. The number of ether oxygens (including phenoxy) is 2. The van der Waals surface area contributed by atoms with Gasteiger partial charge in [0.2, 0.25) is 11.8 Å². The van der Waals surface area contributed by atoms with Crippen molar-refractivity contribution in [3.63, 3.8) is 0 Å². The molecule has 0 aromatic heterocycles. The largest absolute Gasteiger partial charge is 0.486 e. The number of rotatable bonds is 8. The molecule has 5 aliphatic rings. The summed E-state index contributed by atoms with van der Waals surface area (Å²) in [4.78, 5) is 39.3. The number of anilines is 1. The number of hydrogen-bond acceptors (Lipinski definition) is 5. The van der Waals surface area contributed by atoms with Crippen molar-refractivity contribution in [2.24, 2.45) is 17.8 Å². The van der Waals surface area contributed by atoms with Gasteiger partial charge in [-0.2, -0.15) is 0 Å². The van der Waals surface area contributed by atoms with E-state index in [-0.39, 0.29) is 42.9 Å². The summed E-state index contributed by atoms with van der Waals surface area (Å²) >= 11 is 0. The third kappa shape index (κ3) is 5.49. The Hall–Kier alpha value is -2.97. The minimum absolute atomic E-state index is 0.0514. The molecular weight excluding hydrogens is 448 g/mol. The molecule has 9 heteroatoms. The van der Waals surface area contributed by atoms with Gasteiger partial charge in [0.05, 0.1) is 6.54 Å². The Morgan fingerprint density at radius 1 is 1.00 bits per heavy atom. The summed E-state index contributed by atoms with van der Waals surface area (Å²) in [5, 5.41) is 8.94. The number of hydrogen-bond donors (Lipinski definition) is 3. The number of benzene rings is 1. The lowest BCUT2D eigenvalue weighted by Crippen LogP contribution is -2.61. The van der Waals surface area contributed by atoms with E-state index in [0.717, 1.165) is 37.0 Å².